The Balaban J connectivity index is 4.27. The van der Waals surface area contributed by atoms with Crippen molar-refractivity contribution >= 4 is 7.82 Å². The van der Waals surface area contributed by atoms with Crippen LogP contribution in [-0.4, -0.2) is 49.8 Å². The highest BCUT2D eigenvalue weighted by molar-refractivity contribution is 7.44. The second-order valence-electron chi connectivity index (χ2n) is 4.50. The first-order valence-electron chi connectivity index (χ1n) is 4.89. The summed E-state index contributed by atoms with van der Waals surface area (Å²) in [5.74, 6) is 0. The van der Waals surface area contributed by atoms with Crippen molar-refractivity contribution in [1.29, 1.82) is 0 Å². The van der Waals surface area contributed by atoms with Crippen molar-refractivity contribution in [2.24, 2.45) is 0 Å². The summed E-state index contributed by atoms with van der Waals surface area (Å²) < 4.78 is 20.7. The zero-order valence-corrected chi connectivity index (χ0v) is 10.9. The van der Waals surface area contributed by atoms with E-state index in [1.54, 1.807) is 0 Å². The van der Waals surface area contributed by atoms with Gasteiger partial charge in [0.05, 0.1) is 34.0 Å². The molecule has 96 valence electrons. The number of phosphoric ester groups is 1. The summed E-state index contributed by atoms with van der Waals surface area (Å²) in [5, 5.41) is 0. The molecule has 2 unspecified atom stereocenters. The Bertz CT molecular complexity index is 257. The van der Waals surface area contributed by atoms with Crippen LogP contribution in [0.3, 0.4) is 0 Å². The highest BCUT2D eigenvalue weighted by atomic mass is 31.2. The maximum Gasteiger partial charge on any atom is 0.265 e. The Morgan fingerprint density at radius 3 is 2.50 bits per heavy atom. The lowest BCUT2D eigenvalue weighted by Gasteiger charge is -2.31. The van der Waals surface area contributed by atoms with E-state index in [1.165, 1.54) is 6.26 Å². The number of rotatable bonds is 8. The van der Waals surface area contributed by atoms with Crippen LogP contribution in [0.15, 0.2) is 12.8 Å². The van der Waals surface area contributed by atoms with Crippen molar-refractivity contribution in [2.75, 3.05) is 34.3 Å². The van der Waals surface area contributed by atoms with E-state index in [1.807, 2.05) is 21.1 Å². The van der Waals surface area contributed by atoms with E-state index in [9.17, 15) is 9.46 Å². The minimum atomic E-state index is -4.70. The molecule has 0 radical (unpaired) electrons. The Morgan fingerprint density at radius 1 is 1.56 bits per heavy atom. The van der Waals surface area contributed by atoms with Gasteiger partial charge in [-0.05, 0) is 0 Å². The van der Waals surface area contributed by atoms with Crippen molar-refractivity contribution in [1.82, 2.24) is 0 Å². The van der Waals surface area contributed by atoms with Crippen molar-refractivity contribution in [2.45, 2.75) is 12.5 Å². The molecule has 6 nitrogen and oxygen atoms in total. The van der Waals surface area contributed by atoms with Gasteiger partial charge in [0, 0.05) is 6.42 Å². The van der Waals surface area contributed by atoms with Crippen molar-refractivity contribution in [3.63, 3.8) is 0 Å². The van der Waals surface area contributed by atoms with E-state index < -0.39 is 13.9 Å². The molecule has 0 saturated heterocycles. The summed E-state index contributed by atoms with van der Waals surface area (Å²) in [7, 11) is 1.00. The number of likely N-dealkylation sites (N-methyl/N-ethyl adjacent to an activating group) is 1. The van der Waals surface area contributed by atoms with E-state index in [4.69, 9.17) is 9.63 Å². The normalized spacial score (nSPS) is 17.6. The summed E-state index contributed by atoms with van der Waals surface area (Å²) >= 11 is 0. The summed E-state index contributed by atoms with van der Waals surface area (Å²) in [6, 6.07) is 0. The molecule has 1 N–H and O–H groups in total. The van der Waals surface area contributed by atoms with Crippen LogP contribution < -0.4 is 4.89 Å². The first-order valence-corrected chi connectivity index (χ1v) is 6.39. The molecule has 0 aliphatic heterocycles. The quantitative estimate of drug-likeness (QED) is 0.287. The third kappa shape index (κ3) is 10.1. The van der Waals surface area contributed by atoms with Gasteiger partial charge in [-0.2, -0.15) is 0 Å². The Hall–Kier alpha value is -0.390. The van der Waals surface area contributed by atoms with Crippen LogP contribution in [0.1, 0.15) is 6.42 Å². The molecule has 16 heavy (non-hydrogen) atoms. The average Bonchev–Trinajstić information content (AvgIpc) is 1.97. The number of quaternary nitrogens is 1. The molecule has 0 spiro atoms. The second kappa shape index (κ2) is 6.37. The molecule has 0 saturated carbocycles. The van der Waals surface area contributed by atoms with E-state index in [0.29, 0.717) is 24.1 Å². The Labute approximate surface area is 96.3 Å². The molecule has 0 heterocycles. The Morgan fingerprint density at radius 2 is 2.12 bits per heavy atom. The standard InChI is InChI=1S/C9H20NO5P/c1-5-14-7-6-9(8-10(2,3)4)15-16(11,12)13/h5,9H,1,6-8H2,2-4H3,(H-,11,12,13). The van der Waals surface area contributed by atoms with Crippen LogP contribution in [0, 0.1) is 0 Å². The minimum absolute atomic E-state index is 0.300. The number of hydrogen-bond acceptors (Lipinski definition) is 4. The van der Waals surface area contributed by atoms with E-state index >= 15 is 0 Å². The van der Waals surface area contributed by atoms with Crippen molar-refractivity contribution in [3.8, 4) is 0 Å². The van der Waals surface area contributed by atoms with Gasteiger partial charge >= 0.3 is 0 Å². The van der Waals surface area contributed by atoms with Crippen LogP contribution >= 0.6 is 7.82 Å². The second-order valence-corrected chi connectivity index (χ2v) is 5.64. The van der Waals surface area contributed by atoms with Gasteiger partial charge in [-0.3, -0.25) is 4.57 Å². The number of phosphoric acid groups is 1. The Kier molecular flexibility index (Phi) is 6.22. The SMILES string of the molecule is C=COCCC(C[N+](C)(C)C)OP(=O)([O-])O. The molecular weight excluding hydrogens is 233 g/mol. The van der Waals surface area contributed by atoms with Crippen molar-refractivity contribution < 1.29 is 28.1 Å². The predicted octanol–water partition coefficient (Wildman–Crippen LogP) is 0.0887. The topological polar surface area (TPSA) is 78.8 Å². The maximum absolute atomic E-state index is 10.7. The van der Waals surface area contributed by atoms with Crippen LogP contribution in [0.4, 0.5) is 0 Å². The maximum atomic E-state index is 10.7. The zero-order chi connectivity index (χ0) is 12.8. The molecular formula is C9H20NO5P. The molecule has 7 heteroatoms. The van der Waals surface area contributed by atoms with E-state index in [0.717, 1.165) is 0 Å². The van der Waals surface area contributed by atoms with Crippen LogP contribution in [0.25, 0.3) is 0 Å². The minimum Gasteiger partial charge on any atom is -0.756 e. The molecule has 0 rings (SSSR count). The number of nitrogens with zero attached hydrogens (tertiary/aromatic N) is 1. The molecule has 0 aromatic carbocycles. The van der Waals surface area contributed by atoms with Gasteiger partial charge < -0.3 is 23.5 Å². The summed E-state index contributed by atoms with van der Waals surface area (Å²) in [6.07, 6.45) is 1.04. The smallest absolute Gasteiger partial charge is 0.265 e. The van der Waals surface area contributed by atoms with Gasteiger partial charge in [-0.1, -0.05) is 6.58 Å². The predicted molar refractivity (Wildman–Crippen MR) is 58.4 cm³/mol. The largest absolute Gasteiger partial charge is 0.756 e. The lowest BCUT2D eigenvalue weighted by atomic mass is 10.2. The average molecular weight is 253 g/mol. The fourth-order valence-electron chi connectivity index (χ4n) is 1.26. The van der Waals surface area contributed by atoms with Crippen LogP contribution in [-0.2, 0) is 13.8 Å². The molecule has 0 aromatic heterocycles. The monoisotopic (exact) mass is 253 g/mol. The summed E-state index contributed by atoms with van der Waals surface area (Å²) in [4.78, 5) is 19.3. The van der Waals surface area contributed by atoms with Crippen molar-refractivity contribution in [3.05, 3.63) is 12.8 Å². The van der Waals surface area contributed by atoms with Crippen LogP contribution in [0.2, 0.25) is 0 Å². The molecule has 0 aromatic rings. The molecule has 0 fully saturated rings. The van der Waals surface area contributed by atoms with Crippen LogP contribution in [0.5, 0.6) is 0 Å². The summed E-state index contributed by atoms with van der Waals surface area (Å²) in [6.45, 7) is 4.13. The first kappa shape index (κ1) is 15.6. The highest BCUT2D eigenvalue weighted by Crippen LogP contribution is 2.33. The fourth-order valence-corrected chi connectivity index (χ4v) is 1.81. The molecule has 0 aliphatic carbocycles. The van der Waals surface area contributed by atoms with E-state index in [2.05, 4.69) is 11.1 Å². The van der Waals surface area contributed by atoms with Gasteiger partial charge in [0.1, 0.15) is 12.6 Å². The van der Waals surface area contributed by atoms with Gasteiger partial charge in [0.2, 0.25) is 0 Å². The molecule has 2 atom stereocenters. The van der Waals surface area contributed by atoms with E-state index in [-0.39, 0.29) is 0 Å². The van der Waals surface area contributed by atoms with Gasteiger partial charge in [-0.25, -0.2) is 0 Å². The zero-order valence-electron chi connectivity index (χ0n) is 9.96. The summed E-state index contributed by atoms with van der Waals surface area (Å²) in [5.41, 5.74) is 0. The van der Waals surface area contributed by atoms with Gasteiger partial charge in [0.15, 0.2) is 0 Å². The van der Waals surface area contributed by atoms with Gasteiger partial charge in [-0.15, -0.1) is 0 Å². The molecule has 0 bridgehead atoms. The third-order valence-corrected chi connectivity index (χ3v) is 2.27. The molecule has 0 amide bonds. The fraction of sp³-hybridized carbons (Fsp3) is 0.778. The first-order chi connectivity index (χ1) is 7.14. The lowest BCUT2D eigenvalue weighted by Crippen LogP contribution is -2.42. The number of hydrogen-bond donors (Lipinski definition) is 1. The lowest BCUT2D eigenvalue weighted by molar-refractivity contribution is -0.873. The van der Waals surface area contributed by atoms with Gasteiger partial charge in [0.25, 0.3) is 7.82 Å². The third-order valence-electron chi connectivity index (χ3n) is 1.71. The highest BCUT2D eigenvalue weighted by Gasteiger charge is 2.22. The molecule has 0 aliphatic rings. The number of ether oxygens (including phenoxy) is 1.